The van der Waals surface area contributed by atoms with Gasteiger partial charge >= 0.3 is 0 Å². The second-order valence-electron chi connectivity index (χ2n) is 1.25. The summed E-state index contributed by atoms with van der Waals surface area (Å²) >= 11 is 0.860. The van der Waals surface area contributed by atoms with Crippen LogP contribution >= 0.6 is 0 Å². The Labute approximate surface area is 46.9 Å². The highest BCUT2D eigenvalue weighted by atomic mass is 32.2. The van der Waals surface area contributed by atoms with Crippen LogP contribution in [0.2, 0.25) is 0 Å². The van der Waals surface area contributed by atoms with E-state index in [4.69, 9.17) is 0 Å². The summed E-state index contributed by atoms with van der Waals surface area (Å²) in [5.74, 6) is -0.968. The van der Waals surface area contributed by atoms with Gasteiger partial charge in [0, 0.05) is 0 Å². The summed E-state index contributed by atoms with van der Waals surface area (Å²) in [6.45, 7) is 1.62. The van der Waals surface area contributed by atoms with E-state index in [0.717, 1.165) is 11.8 Å². The van der Waals surface area contributed by atoms with Crippen molar-refractivity contribution in [2.75, 3.05) is 6.26 Å². The Morgan fingerprint density at radius 2 is 2.29 bits per heavy atom. The fourth-order valence-corrected chi connectivity index (χ4v) is 0.316. The predicted octanol–water partition coefficient (Wildman–Crippen LogP) is -1.43. The SMILES string of the molecule is C[SH+]C(C)C(=O)[O-]. The molecule has 0 fully saturated rings. The van der Waals surface area contributed by atoms with Crippen molar-refractivity contribution in [1.29, 1.82) is 0 Å². The average Bonchev–Trinajstić information content (AvgIpc) is 1.65. The van der Waals surface area contributed by atoms with Crippen LogP contribution in [0, 0.1) is 0 Å². The van der Waals surface area contributed by atoms with Crippen molar-refractivity contribution in [2.24, 2.45) is 0 Å². The van der Waals surface area contributed by atoms with Crippen molar-refractivity contribution >= 4 is 17.7 Å². The van der Waals surface area contributed by atoms with Gasteiger partial charge in [-0.05, 0) is 18.7 Å². The zero-order valence-electron chi connectivity index (χ0n) is 4.34. The van der Waals surface area contributed by atoms with Crippen LogP contribution in [0.1, 0.15) is 6.92 Å². The minimum Gasteiger partial charge on any atom is -0.545 e. The molecule has 2 nitrogen and oxygen atoms in total. The molecule has 3 heteroatoms. The van der Waals surface area contributed by atoms with Crippen LogP contribution in [0.4, 0.5) is 0 Å². The lowest BCUT2D eigenvalue weighted by Gasteiger charge is -1.99. The van der Waals surface area contributed by atoms with E-state index < -0.39 is 5.97 Å². The lowest BCUT2D eigenvalue weighted by molar-refractivity contribution is -0.304. The van der Waals surface area contributed by atoms with Gasteiger partial charge in [-0.3, -0.25) is 0 Å². The van der Waals surface area contributed by atoms with Gasteiger partial charge in [-0.2, -0.15) is 0 Å². The maximum atomic E-state index is 9.81. The fourth-order valence-electron chi connectivity index (χ4n) is 0.105. The van der Waals surface area contributed by atoms with E-state index in [2.05, 4.69) is 0 Å². The van der Waals surface area contributed by atoms with Crippen molar-refractivity contribution in [3.63, 3.8) is 0 Å². The van der Waals surface area contributed by atoms with E-state index in [-0.39, 0.29) is 5.25 Å². The number of hydrogen-bond donors (Lipinski definition) is 0. The second kappa shape index (κ2) is 2.91. The first-order valence-electron chi connectivity index (χ1n) is 1.98. The molecule has 0 spiro atoms. The highest BCUT2D eigenvalue weighted by Gasteiger charge is 2.03. The van der Waals surface area contributed by atoms with Crippen LogP contribution in [-0.2, 0) is 16.6 Å². The molecule has 0 bridgehead atoms. The quantitative estimate of drug-likeness (QED) is 0.331. The number of aliphatic carboxylic acids is 1. The number of carbonyl (C=O) groups is 1. The summed E-state index contributed by atoms with van der Waals surface area (Å²) in [5.41, 5.74) is 0. The van der Waals surface area contributed by atoms with Gasteiger partial charge in [0.25, 0.3) is 0 Å². The molecule has 0 rings (SSSR count). The number of hydrogen-bond acceptors (Lipinski definition) is 2. The minimum absolute atomic E-state index is 0.319. The van der Waals surface area contributed by atoms with Crippen LogP contribution in [0.5, 0.6) is 0 Å². The van der Waals surface area contributed by atoms with Gasteiger partial charge in [0.15, 0.2) is 5.25 Å². The monoisotopic (exact) mass is 120 g/mol. The molecule has 0 amide bonds. The highest BCUT2D eigenvalue weighted by Crippen LogP contribution is 1.81. The summed E-state index contributed by atoms with van der Waals surface area (Å²) in [5, 5.41) is 9.49. The molecule has 0 aliphatic heterocycles. The molecule has 7 heavy (non-hydrogen) atoms. The summed E-state index contributed by atoms with van der Waals surface area (Å²) in [4.78, 5) is 9.81. The fraction of sp³-hybridized carbons (Fsp3) is 0.750. The zero-order chi connectivity index (χ0) is 5.86. The van der Waals surface area contributed by atoms with E-state index in [9.17, 15) is 9.90 Å². The van der Waals surface area contributed by atoms with Gasteiger partial charge in [-0.1, -0.05) is 0 Å². The van der Waals surface area contributed by atoms with Gasteiger partial charge in [-0.25, -0.2) is 0 Å². The van der Waals surface area contributed by atoms with Crippen LogP contribution < -0.4 is 5.11 Å². The number of rotatable bonds is 2. The lowest BCUT2D eigenvalue weighted by Crippen LogP contribution is -2.34. The Balaban J connectivity index is 3.34. The van der Waals surface area contributed by atoms with Crippen molar-refractivity contribution in [3.8, 4) is 0 Å². The van der Waals surface area contributed by atoms with Gasteiger partial charge in [0.2, 0.25) is 0 Å². The van der Waals surface area contributed by atoms with Crippen LogP contribution in [0.25, 0.3) is 0 Å². The zero-order valence-corrected chi connectivity index (χ0v) is 5.24. The first-order valence-corrected chi connectivity index (χ1v) is 3.39. The van der Waals surface area contributed by atoms with E-state index in [1.165, 1.54) is 0 Å². The molecule has 0 aromatic heterocycles. The summed E-state index contributed by atoms with van der Waals surface area (Å²) in [7, 11) is 0. The normalized spacial score (nSPS) is 13.4. The van der Waals surface area contributed by atoms with Crippen molar-refractivity contribution in [1.82, 2.24) is 0 Å². The molecule has 0 N–H and O–H groups in total. The Morgan fingerprint density at radius 3 is 2.29 bits per heavy atom. The smallest absolute Gasteiger partial charge is 0.152 e. The number of carboxylic acids is 1. The Kier molecular flexibility index (Phi) is 2.83. The maximum Gasteiger partial charge on any atom is 0.152 e. The van der Waals surface area contributed by atoms with E-state index >= 15 is 0 Å². The third-order valence-corrected chi connectivity index (χ3v) is 1.71. The minimum atomic E-state index is -0.968. The second-order valence-corrected chi connectivity index (χ2v) is 2.54. The summed E-state index contributed by atoms with van der Waals surface area (Å²) in [6.07, 6.45) is 1.79. The average molecular weight is 120 g/mol. The first kappa shape index (κ1) is 6.82. The molecular weight excluding hydrogens is 112 g/mol. The van der Waals surface area contributed by atoms with Gasteiger partial charge in [0.05, 0.1) is 12.2 Å². The molecule has 1 atom stereocenters. The predicted molar refractivity (Wildman–Crippen MR) is 29.2 cm³/mol. The van der Waals surface area contributed by atoms with E-state index in [0.29, 0.717) is 0 Å². The summed E-state index contributed by atoms with van der Waals surface area (Å²) < 4.78 is 0. The van der Waals surface area contributed by atoms with Gasteiger partial charge < -0.3 is 9.90 Å². The van der Waals surface area contributed by atoms with Crippen molar-refractivity contribution < 1.29 is 9.90 Å². The van der Waals surface area contributed by atoms with Crippen molar-refractivity contribution in [2.45, 2.75) is 12.2 Å². The Bertz CT molecular complexity index is 72.1. The third-order valence-electron chi connectivity index (χ3n) is 0.728. The molecule has 0 radical (unpaired) electrons. The number of carboxylic acid groups (broad SMARTS) is 1. The lowest BCUT2D eigenvalue weighted by atomic mass is 10.5. The molecule has 0 saturated heterocycles. The number of carbonyl (C=O) groups excluding carboxylic acids is 1. The number of thiol groups is 1. The molecule has 42 valence electrons. The molecule has 1 unspecified atom stereocenters. The van der Waals surface area contributed by atoms with Crippen LogP contribution in [-0.4, -0.2) is 17.5 Å². The van der Waals surface area contributed by atoms with Gasteiger partial charge in [0.1, 0.15) is 0 Å². The first-order chi connectivity index (χ1) is 3.18. The Hall–Kier alpha value is -0.180. The molecule has 0 aliphatic rings. The largest absolute Gasteiger partial charge is 0.545 e. The van der Waals surface area contributed by atoms with Gasteiger partial charge in [-0.15, -0.1) is 0 Å². The standard InChI is InChI=1S/C4H8O2S/c1-3(7-2)4(5)6/h3H,1-2H3,(H,5,6). The maximum absolute atomic E-state index is 9.81. The molecular formula is C4H8O2S. The topological polar surface area (TPSA) is 40.1 Å². The highest BCUT2D eigenvalue weighted by molar-refractivity contribution is 7.79. The molecule has 0 aliphatic carbocycles. The summed E-state index contributed by atoms with van der Waals surface area (Å²) in [6, 6.07) is 0. The van der Waals surface area contributed by atoms with Crippen LogP contribution in [0.3, 0.4) is 0 Å². The molecule has 0 aromatic carbocycles. The molecule has 0 saturated carbocycles. The third kappa shape index (κ3) is 2.51. The molecule has 0 heterocycles. The van der Waals surface area contributed by atoms with E-state index in [1.807, 2.05) is 0 Å². The molecule has 0 aromatic rings. The van der Waals surface area contributed by atoms with Crippen LogP contribution in [0.15, 0.2) is 0 Å². The Morgan fingerprint density at radius 1 is 1.86 bits per heavy atom. The van der Waals surface area contributed by atoms with Crippen molar-refractivity contribution in [3.05, 3.63) is 0 Å². The van der Waals surface area contributed by atoms with E-state index in [1.54, 1.807) is 13.2 Å².